The average molecular weight is 957 g/mol. The van der Waals surface area contributed by atoms with E-state index in [-0.39, 0.29) is 40.6 Å². The Hall–Kier alpha value is -4.83. The fourth-order valence-corrected chi connectivity index (χ4v) is 10.9. The number of carbonyl (C=O) groups is 5. The van der Waals surface area contributed by atoms with Gasteiger partial charge in [-0.3, -0.25) is 33.8 Å². The summed E-state index contributed by atoms with van der Waals surface area (Å²) in [6.45, 7) is 13.1. The number of furan rings is 2. The molecule has 2 saturated carbocycles. The van der Waals surface area contributed by atoms with Crippen molar-refractivity contribution < 1.29 is 43.0 Å². The van der Waals surface area contributed by atoms with Crippen molar-refractivity contribution in [1.82, 2.24) is 9.80 Å². The van der Waals surface area contributed by atoms with Gasteiger partial charge in [-0.25, -0.2) is 0 Å². The molecule has 65 heavy (non-hydrogen) atoms. The van der Waals surface area contributed by atoms with Gasteiger partial charge in [0, 0.05) is 29.3 Å². The molecule has 2 aromatic carbocycles. The molecule has 2 saturated heterocycles. The number of carboxylic acid groups (broad SMARTS) is 2. The third-order valence-electron chi connectivity index (χ3n) is 12.0. The molecule has 0 bridgehead atoms. The van der Waals surface area contributed by atoms with E-state index in [1.807, 2.05) is 42.5 Å². The SMILES string of the molecule is CC(C)(C)c1ccc(-c2ccc(C=C3SC(=S)N(C4CCCC(C(=O)O)C4)C3=O)o2)cc1.CC(C)(C)c1ccc(-c2ccc(C=O)o2)cc1.O=C(O)C1CCCC(N2C(=O)CSC2=S)C1. The van der Waals surface area contributed by atoms with Crippen LogP contribution in [0.1, 0.15) is 120 Å². The second-order valence-corrected chi connectivity index (χ2v) is 22.0. The predicted molar refractivity (Wildman–Crippen MR) is 265 cm³/mol. The van der Waals surface area contributed by atoms with E-state index in [0.29, 0.717) is 62.8 Å². The third-order valence-corrected chi connectivity index (χ3v) is 14.8. The van der Waals surface area contributed by atoms with Crippen LogP contribution in [-0.4, -0.2) is 76.5 Å². The molecule has 4 aliphatic rings. The smallest absolute Gasteiger partial charge is 0.306 e. The van der Waals surface area contributed by atoms with Gasteiger partial charge in [-0.2, -0.15) is 0 Å². The van der Waals surface area contributed by atoms with Crippen LogP contribution in [0.15, 0.2) is 86.5 Å². The highest BCUT2D eigenvalue weighted by Gasteiger charge is 2.41. The lowest BCUT2D eigenvalue weighted by atomic mass is 9.85. The number of carbonyl (C=O) groups excluding carboxylic acids is 3. The lowest BCUT2D eigenvalue weighted by Crippen LogP contribution is -2.42. The molecule has 2 aromatic heterocycles. The zero-order chi connectivity index (χ0) is 47.2. The lowest BCUT2D eigenvalue weighted by Gasteiger charge is -2.33. The maximum absolute atomic E-state index is 13.1. The second-order valence-electron chi connectivity index (χ2n) is 18.8. The number of aliphatic carboxylic acids is 2. The minimum atomic E-state index is -0.797. The third kappa shape index (κ3) is 12.5. The number of thiocarbonyl (C=S) groups is 2. The number of amides is 2. The molecular formula is C50H56N2O9S4. The molecule has 4 unspecified atom stereocenters. The summed E-state index contributed by atoms with van der Waals surface area (Å²) < 4.78 is 12.5. The number of carboxylic acids is 2. The molecule has 344 valence electrons. The monoisotopic (exact) mass is 956 g/mol. The highest BCUT2D eigenvalue weighted by molar-refractivity contribution is 8.26. The quantitative estimate of drug-likeness (QED) is 0.0977. The first-order valence-corrected chi connectivity index (χ1v) is 24.4. The highest BCUT2D eigenvalue weighted by atomic mass is 32.2. The van der Waals surface area contributed by atoms with Crippen LogP contribution < -0.4 is 0 Å². The van der Waals surface area contributed by atoms with E-state index in [1.54, 1.807) is 21.9 Å². The van der Waals surface area contributed by atoms with Crippen LogP contribution in [0.5, 0.6) is 0 Å². The van der Waals surface area contributed by atoms with Crippen LogP contribution >= 0.6 is 48.0 Å². The molecular weight excluding hydrogens is 901 g/mol. The Morgan fingerprint density at radius 2 is 1.12 bits per heavy atom. The summed E-state index contributed by atoms with van der Waals surface area (Å²) in [5, 5.41) is 18.4. The molecule has 4 atom stereocenters. The molecule has 8 rings (SSSR count). The van der Waals surface area contributed by atoms with Gasteiger partial charge in [0.2, 0.25) is 5.91 Å². The first kappa shape index (κ1) is 49.6. The van der Waals surface area contributed by atoms with Gasteiger partial charge in [0.05, 0.1) is 22.5 Å². The Bertz CT molecular complexity index is 2420. The van der Waals surface area contributed by atoms with Gasteiger partial charge in [-0.15, -0.1) is 0 Å². The maximum atomic E-state index is 13.1. The van der Waals surface area contributed by atoms with Crippen molar-refractivity contribution in [3.8, 4) is 22.6 Å². The predicted octanol–water partition coefficient (Wildman–Crippen LogP) is 11.6. The molecule has 4 fully saturated rings. The van der Waals surface area contributed by atoms with Gasteiger partial charge >= 0.3 is 11.9 Å². The Morgan fingerprint density at radius 1 is 0.662 bits per heavy atom. The maximum Gasteiger partial charge on any atom is 0.306 e. The van der Waals surface area contributed by atoms with Gasteiger partial charge in [-0.05, 0) is 84.7 Å². The van der Waals surface area contributed by atoms with Crippen LogP contribution in [-0.2, 0) is 30.0 Å². The zero-order valence-electron chi connectivity index (χ0n) is 37.5. The van der Waals surface area contributed by atoms with Gasteiger partial charge in [0.25, 0.3) is 5.91 Å². The van der Waals surface area contributed by atoms with E-state index in [2.05, 4.69) is 65.8 Å². The minimum Gasteiger partial charge on any atom is -0.481 e. The summed E-state index contributed by atoms with van der Waals surface area (Å²) in [4.78, 5) is 61.3. The topological polar surface area (TPSA) is 159 Å². The van der Waals surface area contributed by atoms with Crippen molar-refractivity contribution >= 4 is 92.7 Å². The van der Waals surface area contributed by atoms with Crippen molar-refractivity contribution in [3.05, 3.63) is 100 Å². The number of aldehydes is 1. The van der Waals surface area contributed by atoms with E-state index < -0.39 is 17.9 Å². The highest BCUT2D eigenvalue weighted by Crippen LogP contribution is 2.39. The Labute approximate surface area is 399 Å². The van der Waals surface area contributed by atoms with Crippen LogP contribution in [0.2, 0.25) is 0 Å². The largest absolute Gasteiger partial charge is 0.481 e. The molecule has 4 heterocycles. The summed E-state index contributed by atoms with van der Waals surface area (Å²) in [5.74, 6) is 0.412. The normalized spacial score (nSPS) is 22.0. The molecule has 2 aliphatic carbocycles. The van der Waals surface area contributed by atoms with E-state index in [1.165, 1.54) is 34.7 Å². The van der Waals surface area contributed by atoms with Crippen molar-refractivity contribution in [2.45, 2.75) is 116 Å². The van der Waals surface area contributed by atoms with Crippen molar-refractivity contribution in [1.29, 1.82) is 0 Å². The zero-order valence-corrected chi connectivity index (χ0v) is 40.8. The molecule has 2 N–H and O–H groups in total. The van der Waals surface area contributed by atoms with Crippen molar-refractivity contribution in [2.75, 3.05) is 5.75 Å². The fourth-order valence-electron chi connectivity index (χ4n) is 8.31. The van der Waals surface area contributed by atoms with Crippen LogP contribution in [0, 0.1) is 11.8 Å². The van der Waals surface area contributed by atoms with E-state index in [0.717, 1.165) is 48.3 Å². The van der Waals surface area contributed by atoms with Gasteiger partial charge < -0.3 is 19.0 Å². The lowest BCUT2D eigenvalue weighted by molar-refractivity contribution is -0.144. The molecule has 2 amide bonds. The molecule has 11 nitrogen and oxygen atoms in total. The first-order valence-electron chi connectivity index (χ1n) is 21.8. The summed E-state index contributed by atoms with van der Waals surface area (Å²) >= 11 is 13.2. The van der Waals surface area contributed by atoms with E-state index in [4.69, 9.17) is 38.4 Å². The van der Waals surface area contributed by atoms with Gasteiger partial charge in [0.15, 0.2) is 12.0 Å². The standard InChI is InChI=1S/C25H27NO4S2.C15H16O2.C10H13NO3S2/c1-25(2,3)17-9-7-15(8-10-17)20-12-11-19(30-20)14-21-22(27)26(24(31)32-21)18-6-4-5-16(13-18)23(28)29;1-15(2,3)12-6-4-11(5-7-12)14-9-8-13(10-16)17-14;12-8-5-16-10(15)11(8)7-3-1-2-6(4-7)9(13)14/h7-12,14,16,18H,4-6,13H2,1-3H3,(H,28,29);4-10H,1-3H3;6-7H,1-5H2,(H,13,14). The summed E-state index contributed by atoms with van der Waals surface area (Å²) in [7, 11) is 0. The Kier molecular flexibility index (Phi) is 16.2. The molecule has 15 heteroatoms. The van der Waals surface area contributed by atoms with Crippen LogP contribution in [0.3, 0.4) is 0 Å². The van der Waals surface area contributed by atoms with Crippen LogP contribution in [0.4, 0.5) is 0 Å². The Balaban J connectivity index is 0.000000178. The summed E-state index contributed by atoms with van der Waals surface area (Å²) in [5.41, 5.74) is 4.74. The number of nitrogens with zero attached hydrogens (tertiary/aromatic N) is 2. The Morgan fingerprint density at radius 3 is 1.54 bits per heavy atom. The number of benzene rings is 2. The minimum absolute atomic E-state index is 0.00449. The van der Waals surface area contributed by atoms with E-state index >= 15 is 0 Å². The van der Waals surface area contributed by atoms with Crippen molar-refractivity contribution in [2.24, 2.45) is 11.8 Å². The molecule has 0 radical (unpaired) electrons. The fraction of sp³-hybridized carbons (Fsp3) is 0.420. The molecule has 4 aromatic rings. The number of rotatable bonds is 8. The number of hydrogen-bond acceptors (Lipinski definition) is 11. The number of thioether (sulfide) groups is 2. The number of hydrogen-bond donors (Lipinski definition) is 2. The summed E-state index contributed by atoms with van der Waals surface area (Å²) in [6, 6.07) is 23.6. The molecule has 2 aliphatic heterocycles. The van der Waals surface area contributed by atoms with Gasteiger partial charge in [0.1, 0.15) is 25.9 Å². The second kappa shape index (κ2) is 21.2. The van der Waals surface area contributed by atoms with Gasteiger partial charge in [-0.1, -0.05) is 151 Å². The average Bonchev–Trinajstić information content (AvgIpc) is 4.08. The first-order chi connectivity index (χ1) is 30.7. The molecule has 0 spiro atoms. The van der Waals surface area contributed by atoms with E-state index in [9.17, 15) is 29.1 Å². The van der Waals surface area contributed by atoms with Crippen LogP contribution in [0.25, 0.3) is 28.7 Å². The summed E-state index contributed by atoms with van der Waals surface area (Å²) in [6.07, 6.45) is 8.10. The van der Waals surface area contributed by atoms with Crippen molar-refractivity contribution in [3.63, 3.8) is 0 Å².